The Morgan fingerprint density at radius 3 is 2.85 bits per heavy atom. The summed E-state index contributed by atoms with van der Waals surface area (Å²) in [5, 5.41) is 25.8. The highest BCUT2D eigenvalue weighted by molar-refractivity contribution is 5.89. The molecule has 0 amide bonds. The summed E-state index contributed by atoms with van der Waals surface area (Å²) in [5.41, 5.74) is 5.22. The van der Waals surface area contributed by atoms with Crippen LogP contribution in [0.25, 0.3) is 34.8 Å². The summed E-state index contributed by atoms with van der Waals surface area (Å²) < 4.78 is 7.05. The number of carboxylic acid groups (broad SMARTS) is 1. The van der Waals surface area contributed by atoms with E-state index in [4.69, 9.17) is 9.52 Å². The van der Waals surface area contributed by atoms with Crippen molar-refractivity contribution < 1.29 is 14.3 Å². The zero-order valence-corrected chi connectivity index (χ0v) is 18.1. The average molecular weight is 456 g/mol. The van der Waals surface area contributed by atoms with E-state index in [1.54, 1.807) is 18.2 Å². The standard InChI is InChI=1S/C24H20N6O4/c31-20(32)9-8-19-17(23-25-27-28-30(23)26-19)6-1-4-15-13-16-12-14-5-2-10-29-11-3-7-18(21(14)29)22(16)34-24(15)33/h1,4,6,8-9,12-13H,2-3,5,7,10-11H2,(H,31,32)/b4-1+,9-8+,17-6-. The van der Waals surface area contributed by atoms with E-state index in [2.05, 4.69) is 31.6 Å². The third-order valence-corrected chi connectivity index (χ3v) is 6.34. The molecule has 1 N–H and O–H groups in total. The molecule has 0 fully saturated rings. The van der Waals surface area contributed by atoms with E-state index in [0.29, 0.717) is 27.7 Å². The molecule has 4 aromatic rings. The molecule has 34 heavy (non-hydrogen) atoms. The van der Waals surface area contributed by atoms with Crippen LogP contribution >= 0.6 is 0 Å². The molecular weight excluding hydrogens is 436 g/mol. The highest BCUT2D eigenvalue weighted by atomic mass is 16.4. The van der Waals surface area contributed by atoms with Crippen molar-refractivity contribution in [3.63, 3.8) is 0 Å². The van der Waals surface area contributed by atoms with Gasteiger partial charge in [0.25, 0.3) is 0 Å². The van der Waals surface area contributed by atoms with Crippen molar-refractivity contribution in [1.82, 2.24) is 25.3 Å². The van der Waals surface area contributed by atoms with Crippen LogP contribution in [0.2, 0.25) is 0 Å². The fourth-order valence-electron chi connectivity index (χ4n) is 4.94. The Morgan fingerprint density at radius 2 is 2.00 bits per heavy atom. The van der Waals surface area contributed by atoms with Gasteiger partial charge in [-0.15, -0.1) is 14.8 Å². The van der Waals surface area contributed by atoms with E-state index >= 15 is 0 Å². The average Bonchev–Trinajstić information content (AvgIpc) is 3.41. The normalized spacial score (nSPS) is 16.4. The molecule has 2 aliphatic heterocycles. The van der Waals surface area contributed by atoms with Crippen LogP contribution in [0.4, 0.5) is 5.69 Å². The summed E-state index contributed by atoms with van der Waals surface area (Å²) in [4.78, 5) is 26.1. The number of fused-ring (bicyclic) bond motifs is 3. The zero-order valence-electron chi connectivity index (χ0n) is 18.1. The molecule has 0 atom stereocenters. The van der Waals surface area contributed by atoms with Crippen molar-refractivity contribution in [2.45, 2.75) is 25.7 Å². The summed E-state index contributed by atoms with van der Waals surface area (Å²) in [7, 11) is 0. The molecule has 10 heteroatoms. The smallest absolute Gasteiger partial charge is 0.343 e. The van der Waals surface area contributed by atoms with Crippen LogP contribution in [0, 0.1) is 0 Å². The largest absolute Gasteiger partial charge is 0.478 e. The minimum atomic E-state index is -1.09. The lowest BCUT2D eigenvalue weighted by Crippen LogP contribution is -2.34. The highest BCUT2D eigenvalue weighted by Gasteiger charge is 2.26. The Bertz CT molecular complexity index is 1630. The van der Waals surface area contributed by atoms with Gasteiger partial charge < -0.3 is 14.4 Å². The topological polar surface area (TPSA) is 127 Å². The zero-order chi connectivity index (χ0) is 23.2. The van der Waals surface area contributed by atoms with Gasteiger partial charge in [-0.05, 0) is 72.0 Å². The van der Waals surface area contributed by atoms with Crippen LogP contribution in [0.15, 0.2) is 33.5 Å². The van der Waals surface area contributed by atoms with E-state index < -0.39 is 11.6 Å². The van der Waals surface area contributed by atoms with Crippen molar-refractivity contribution in [1.29, 1.82) is 0 Å². The number of hydrogen-bond acceptors (Lipinski definition) is 8. The fraction of sp³-hybridized carbons (Fsp3) is 0.250. The van der Waals surface area contributed by atoms with Gasteiger partial charge in [0.2, 0.25) is 5.65 Å². The van der Waals surface area contributed by atoms with Gasteiger partial charge in [0.1, 0.15) is 5.58 Å². The SMILES string of the molecule is O=C(O)/C=C/c1nn2nnnc2/c1=C\C=C\c1cc2cc3c4c(c2oc1=O)CCCN4CCC3. The number of aryl methyl sites for hydroxylation is 2. The number of nitrogens with zero attached hydrogens (tertiary/aromatic N) is 6. The van der Waals surface area contributed by atoms with Crippen molar-refractivity contribution in [2.24, 2.45) is 0 Å². The fourth-order valence-corrected chi connectivity index (χ4v) is 4.94. The lowest BCUT2D eigenvalue weighted by molar-refractivity contribution is -0.131. The van der Waals surface area contributed by atoms with E-state index in [1.807, 2.05) is 6.07 Å². The monoisotopic (exact) mass is 456 g/mol. The first kappa shape index (κ1) is 20.3. The highest BCUT2D eigenvalue weighted by Crippen LogP contribution is 2.39. The van der Waals surface area contributed by atoms with Crippen LogP contribution in [0.5, 0.6) is 0 Å². The second-order valence-electron chi connectivity index (χ2n) is 8.45. The van der Waals surface area contributed by atoms with Gasteiger partial charge in [0.05, 0.1) is 16.5 Å². The predicted molar refractivity (Wildman–Crippen MR) is 125 cm³/mol. The minimum Gasteiger partial charge on any atom is -0.478 e. The van der Waals surface area contributed by atoms with Gasteiger partial charge in [0, 0.05) is 35.8 Å². The molecule has 3 aromatic heterocycles. The molecule has 0 aliphatic carbocycles. The number of tetrazole rings is 1. The Hall–Kier alpha value is -4.34. The Kier molecular flexibility index (Phi) is 4.72. The van der Waals surface area contributed by atoms with Gasteiger partial charge in [-0.2, -0.15) is 0 Å². The number of anilines is 1. The number of carbonyl (C=O) groups is 1. The number of carboxylic acids is 1. The van der Waals surface area contributed by atoms with Crippen LogP contribution in [-0.4, -0.2) is 49.4 Å². The summed E-state index contributed by atoms with van der Waals surface area (Å²) in [6, 6.07) is 4.02. The number of rotatable bonds is 4. The molecule has 1 aromatic carbocycles. The summed E-state index contributed by atoms with van der Waals surface area (Å²) in [5.74, 6) is -1.09. The maximum absolute atomic E-state index is 12.8. The second kappa shape index (κ2) is 7.91. The molecule has 2 aliphatic rings. The third-order valence-electron chi connectivity index (χ3n) is 6.34. The Balaban J connectivity index is 1.43. The maximum Gasteiger partial charge on any atom is 0.343 e. The van der Waals surface area contributed by atoms with E-state index in [1.165, 1.54) is 22.0 Å². The second-order valence-corrected chi connectivity index (χ2v) is 8.45. The molecule has 0 bridgehead atoms. The van der Waals surface area contributed by atoms with Crippen molar-refractivity contribution >= 4 is 46.5 Å². The van der Waals surface area contributed by atoms with Crippen molar-refractivity contribution in [3.05, 3.63) is 62.3 Å². The number of aliphatic carboxylic acids is 1. The molecule has 6 rings (SSSR count). The third kappa shape index (κ3) is 3.35. The Labute approximate surface area is 192 Å². The van der Waals surface area contributed by atoms with Crippen molar-refractivity contribution in [3.8, 4) is 0 Å². The molecule has 0 spiro atoms. The van der Waals surface area contributed by atoms with Gasteiger partial charge in [-0.3, -0.25) is 0 Å². The van der Waals surface area contributed by atoms with Gasteiger partial charge in [-0.25, -0.2) is 9.59 Å². The van der Waals surface area contributed by atoms with Gasteiger partial charge in [-0.1, -0.05) is 6.08 Å². The summed E-state index contributed by atoms with van der Waals surface area (Å²) in [6.45, 7) is 2.11. The number of hydrogen-bond donors (Lipinski definition) is 1. The van der Waals surface area contributed by atoms with Gasteiger partial charge in [0.15, 0.2) is 0 Å². The molecule has 170 valence electrons. The van der Waals surface area contributed by atoms with E-state index in [9.17, 15) is 9.59 Å². The van der Waals surface area contributed by atoms with Crippen LogP contribution in [0.3, 0.4) is 0 Å². The Morgan fingerprint density at radius 1 is 1.15 bits per heavy atom. The summed E-state index contributed by atoms with van der Waals surface area (Å²) in [6.07, 6.45) is 11.5. The number of aromatic nitrogens is 5. The molecule has 5 heterocycles. The van der Waals surface area contributed by atoms with Crippen LogP contribution < -0.4 is 15.7 Å². The first-order valence-corrected chi connectivity index (χ1v) is 11.1. The molecule has 0 saturated carbocycles. The molecule has 0 saturated heterocycles. The van der Waals surface area contributed by atoms with Crippen LogP contribution in [-0.2, 0) is 17.6 Å². The quantitative estimate of drug-likeness (QED) is 0.360. The first-order chi connectivity index (χ1) is 16.6. The molecular formula is C24H20N6O4. The lowest BCUT2D eigenvalue weighted by Gasteiger charge is -2.37. The first-order valence-electron chi connectivity index (χ1n) is 11.1. The molecule has 0 unspecified atom stereocenters. The number of benzene rings is 1. The van der Waals surface area contributed by atoms with E-state index in [0.717, 1.165) is 55.8 Å². The van der Waals surface area contributed by atoms with E-state index in [-0.39, 0.29) is 0 Å². The predicted octanol–water partition coefficient (Wildman–Crippen LogP) is 1.64. The van der Waals surface area contributed by atoms with Gasteiger partial charge >= 0.3 is 11.6 Å². The summed E-state index contributed by atoms with van der Waals surface area (Å²) >= 11 is 0. The number of allylic oxidation sites excluding steroid dienone is 1. The van der Waals surface area contributed by atoms with Crippen molar-refractivity contribution in [2.75, 3.05) is 18.0 Å². The minimum absolute atomic E-state index is 0.380. The molecule has 0 radical (unpaired) electrons. The lowest BCUT2D eigenvalue weighted by atomic mass is 9.90. The molecule has 10 nitrogen and oxygen atoms in total. The maximum atomic E-state index is 12.8. The van der Waals surface area contributed by atoms with Crippen LogP contribution in [0.1, 0.15) is 35.2 Å².